The first-order chi connectivity index (χ1) is 14.2. The summed E-state index contributed by atoms with van der Waals surface area (Å²) in [6.07, 6.45) is 1.13. The van der Waals surface area contributed by atoms with Crippen molar-refractivity contribution in [2.24, 2.45) is 0 Å². The van der Waals surface area contributed by atoms with Crippen LogP contribution in [-0.2, 0) is 9.84 Å². The Balaban J connectivity index is 2.00. The van der Waals surface area contributed by atoms with Gasteiger partial charge in [0.2, 0.25) is 0 Å². The Bertz CT molecular complexity index is 1160. The third-order valence-corrected chi connectivity index (χ3v) is 7.25. The molecule has 0 aliphatic rings. The molecule has 1 amide bonds. The van der Waals surface area contributed by atoms with E-state index in [4.69, 9.17) is 11.6 Å². The van der Waals surface area contributed by atoms with Gasteiger partial charge in [-0.3, -0.25) is 9.69 Å². The average Bonchev–Trinajstić information content (AvgIpc) is 3.13. The van der Waals surface area contributed by atoms with E-state index < -0.39 is 9.84 Å². The lowest BCUT2D eigenvalue weighted by molar-refractivity contribution is 0.0983. The number of rotatable bonds is 8. The zero-order chi connectivity index (χ0) is 21.9. The summed E-state index contributed by atoms with van der Waals surface area (Å²) in [5, 5.41) is 1.17. The van der Waals surface area contributed by atoms with Crippen LogP contribution < -0.4 is 4.90 Å². The lowest BCUT2D eigenvalue weighted by Gasteiger charge is -2.24. The van der Waals surface area contributed by atoms with Gasteiger partial charge in [-0.15, -0.1) is 0 Å². The largest absolute Gasteiger partial charge is 0.302 e. The Labute approximate surface area is 186 Å². The van der Waals surface area contributed by atoms with Crippen molar-refractivity contribution in [3.05, 3.63) is 53.1 Å². The number of fused-ring (bicyclic) bond motifs is 1. The van der Waals surface area contributed by atoms with Gasteiger partial charge in [-0.1, -0.05) is 42.9 Å². The first kappa shape index (κ1) is 22.7. The summed E-state index contributed by atoms with van der Waals surface area (Å²) in [5.74, 6) is -0.280. The molecule has 0 atom stereocenters. The second-order valence-electron chi connectivity index (χ2n) is 6.89. The molecule has 1 aromatic heterocycles. The van der Waals surface area contributed by atoms with Crippen LogP contribution in [-0.4, -0.2) is 56.6 Å². The fourth-order valence-electron chi connectivity index (χ4n) is 3.08. The molecular formula is C21H24ClN3O3S2. The molecule has 0 fully saturated rings. The van der Waals surface area contributed by atoms with Crippen LogP contribution in [0.5, 0.6) is 0 Å². The highest BCUT2D eigenvalue weighted by molar-refractivity contribution is 7.90. The van der Waals surface area contributed by atoms with Crippen LogP contribution in [0.2, 0.25) is 5.02 Å². The predicted octanol–water partition coefficient (Wildman–Crippen LogP) is 4.34. The quantitative estimate of drug-likeness (QED) is 0.494. The summed E-state index contributed by atoms with van der Waals surface area (Å²) >= 11 is 7.49. The molecule has 160 valence electrons. The van der Waals surface area contributed by atoms with Crippen LogP contribution in [0.15, 0.2) is 47.4 Å². The number of aromatic nitrogens is 1. The summed E-state index contributed by atoms with van der Waals surface area (Å²) in [7, 11) is -3.41. The smallest absolute Gasteiger partial charge is 0.260 e. The molecule has 0 N–H and O–H groups in total. The number of likely N-dealkylation sites (N-methyl/N-ethyl adjacent to an activating group) is 1. The molecule has 0 unspecified atom stereocenters. The van der Waals surface area contributed by atoms with Crippen LogP contribution in [0.4, 0.5) is 5.13 Å². The first-order valence-electron chi connectivity index (χ1n) is 9.63. The van der Waals surface area contributed by atoms with Crippen molar-refractivity contribution >= 4 is 54.0 Å². The van der Waals surface area contributed by atoms with Gasteiger partial charge in [0.25, 0.3) is 5.91 Å². The Kier molecular flexibility index (Phi) is 7.13. The number of hydrogen-bond acceptors (Lipinski definition) is 6. The van der Waals surface area contributed by atoms with Gasteiger partial charge < -0.3 is 4.90 Å². The summed E-state index contributed by atoms with van der Waals surface area (Å²) in [4.78, 5) is 22.0. The van der Waals surface area contributed by atoms with E-state index in [0.717, 1.165) is 29.6 Å². The second-order valence-corrected chi connectivity index (χ2v) is 10.4. The van der Waals surface area contributed by atoms with Gasteiger partial charge in [-0.2, -0.15) is 0 Å². The molecule has 0 bridgehead atoms. The maximum atomic E-state index is 13.4. The van der Waals surface area contributed by atoms with Gasteiger partial charge in [-0.05, 0) is 49.5 Å². The normalized spacial score (nSPS) is 11.9. The molecule has 3 rings (SSSR count). The van der Waals surface area contributed by atoms with Crippen LogP contribution in [0, 0.1) is 0 Å². The van der Waals surface area contributed by atoms with E-state index in [1.165, 1.54) is 23.5 Å². The van der Waals surface area contributed by atoms with E-state index in [9.17, 15) is 13.2 Å². The Morgan fingerprint density at radius 3 is 2.50 bits per heavy atom. The Morgan fingerprint density at radius 2 is 1.83 bits per heavy atom. The van der Waals surface area contributed by atoms with E-state index in [-0.39, 0.29) is 10.8 Å². The number of thiazole rings is 1. The molecule has 3 aromatic rings. The SMILES string of the molecule is CCN(CC)CCN(C(=O)c1cccc(S(C)(=O)=O)c1)c1nc2ccc(Cl)cc2s1. The molecule has 2 aromatic carbocycles. The van der Waals surface area contributed by atoms with Gasteiger partial charge in [-0.25, -0.2) is 13.4 Å². The Hall–Kier alpha value is -2.00. The third kappa shape index (κ3) is 5.18. The molecule has 6 nitrogen and oxygen atoms in total. The number of halogens is 1. The van der Waals surface area contributed by atoms with Crippen LogP contribution >= 0.6 is 22.9 Å². The molecule has 0 spiro atoms. The van der Waals surface area contributed by atoms with E-state index >= 15 is 0 Å². The predicted molar refractivity (Wildman–Crippen MR) is 124 cm³/mol. The van der Waals surface area contributed by atoms with E-state index in [1.807, 2.05) is 12.1 Å². The fraction of sp³-hybridized carbons (Fsp3) is 0.333. The van der Waals surface area contributed by atoms with Gasteiger partial charge in [0.1, 0.15) is 0 Å². The topological polar surface area (TPSA) is 70.6 Å². The zero-order valence-corrected chi connectivity index (χ0v) is 19.5. The van der Waals surface area contributed by atoms with E-state index in [0.29, 0.717) is 28.8 Å². The molecule has 0 saturated carbocycles. The molecule has 9 heteroatoms. The van der Waals surface area contributed by atoms with Crippen molar-refractivity contribution in [2.45, 2.75) is 18.7 Å². The van der Waals surface area contributed by atoms with Crippen molar-refractivity contribution < 1.29 is 13.2 Å². The molecule has 30 heavy (non-hydrogen) atoms. The maximum absolute atomic E-state index is 13.4. The lowest BCUT2D eigenvalue weighted by Crippen LogP contribution is -2.38. The van der Waals surface area contributed by atoms with Gasteiger partial charge in [0, 0.05) is 29.9 Å². The van der Waals surface area contributed by atoms with Crippen molar-refractivity contribution in [1.29, 1.82) is 0 Å². The summed E-state index contributed by atoms with van der Waals surface area (Å²) in [5.41, 5.74) is 1.08. The van der Waals surface area contributed by atoms with Crippen molar-refractivity contribution in [2.75, 3.05) is 37.3 Å². The average molecular weight is 466 g/mol. The number of nitrogens with zero attached hydrogens (tertiary/aromatic N) is 3. The third-order valence-electron chi connectivity index (χ3n) is 4.86. The number of amides is 1. The number of carbonyl (C=O) groups excluding carboxylic acids is 1. The fourth-order valence-corrected chi connectivity index (χ4v) is 5.02. The monoisotopic (exact) mass is 465 g/mol. The van der Waals surface area contributed by atoms with Crippen LogP contribution in [0.3, 0.4) is 0 Å². The van der Waals surface area contributed by atoms with Crippen molar-refractivity contribution in [1.82, 2.24) is 9.88 Å². The second kappa shape index (κ2) is 9.43. The van der Waals surface area contributed by atoms with Gasteiger partial charge >= 0.3 is 0 Å². The number of benzene rings is 2. The molecule has 0 aliphatic heterocycles. The number of hydrogen-bond donors (Lipinski definition) is 0. The molecule has 0 radical (unpaired) electrons. The minimum Gasteiger partial charge on any atom is -0.302 e. The number of anilines is 1. The minimum absolute atomic E-state index is 0.119. The minimum atomic E-state index is -3.41. The lowest BCUT2D eigenvalue weighted by atomic mass is 10.2. The molecule has 0 saturated heterocycles. The summed E-state index contributed by atoms with van der Waals surface area (Å²) < 4.78 is 24.8. The van der Waals surface area contributed by atoms with Crippen LogP contribution in [0.25, 0.3) is 10.2 Å². The van der Waals surface area contributed by atoms with Crippen molar-refractivity contribution in [3.63, 3.8) is 0 Å². The van der Waals surface area contributed by atoms with Crippen LogP contribution in [0.1, 0.15) is 24.2 Å². The van der Waals surface area contributed by atoms with Crippen molar-refractivity contribution in [3.8, 4) is 0 Å². The van der Waals surface area contributed by atoms with E-state index in [1.54, 1.807) is 23.1 Å². The highest BCUT2D eigenvalue weighted by Gasteiger charge is 2.23. The number of carbonyl (C=O) groups is 1. The molecule has 1 heterocycles. The zero-order valence-electron chi connectivity index (χ0n) is 17.1. The number of sulfone groups is 1. The summed E-state index contributed by atoms with van der Waals surface area (Å²) in [6, 6.07) is 11.6. The molecular weight excluding hydrogens is 442 g/mol. The van der Waals surface area contributed by atoms with Gasteiger partial charge in [0.15, 0.2) is 15.0 Å². The molecule has 0 aliphatic carbocycles. The first-order valence-corrected chi connectivity index (χ1v) is 12.7. The van der Waals surface area contributed by atoms with Gasteiger partial charge in [0.05, 0.1) is 15.1 Å². The Morgan fingerprint density at radius 1 is 1.10 bits per heavy atom. The van der Waals surface area contributed by atoms with E-state index in [2.05, 4.69) is 23.7 Å². The highest BCUT2D eigenvalue weighted by Crippen LogP contribution is 2.31. The standard InChI is InChI=1S/C21H24ClN3O3S2/c1-4-24(5-2)11-12-25(21-23-18-10-9-16(22)14-19(18)29-21)20(26)15-7-6-8-17(13-15)30(3,27)28/h6-10,13-14H,4-5,11-12H2,1-3H3. The highest BCUT2D eigenvalue weighted by atomic mass is 35.5. The summed E-state index contributed by atoms with van der Waals surface area (Å²) in [6.45, 7) is 7.02. The maximum Gasteiger partial charge on any atom is 0.260 e.